The Morgan fingerprint density at radius 2 is 1.89 bits per heavy atom. The molecular formula is C21H32N4O2. The van der Waals surface area contributed by atoms with Crippen molar-refractivity contribution in [3.05, 3.63) is 35.4 Å². The van der Waals surface area contributed by atoms with E-state index in [0.717, 1.165) is 44.6 Å². The molecule has 2 amide bonds. The first-order chi connectivity index (χ1) is 13.1. The van der Waals surface area contributed by atoms with Gasteiger partial charge in [-0.15, -0.1) is 0 Å². The van der Waals surface area contributed by atoms with Gasteiger partial charge in [-0.25, -0.2) is 0 Å². The molecular weight excluding hydrogens is 340 g/mol. The highest BCUT2D eigenvalue weighted by Crippen LogP contribution is 2.16. The molecule has 2 aliphatic heterocycles. The van der Waals surface area contributed by atoms with Gasteiger partial charge >= 0.3 is 0 Å². The van der Waals surface area contributed by atoms with E-state index in [-0.39, 0.29) is 17.7 Å². The molecule has 2 heterocycles. The Labute approximate surface area is 162 Å². The third kappa shape index (κ3) is 6.04. The molecule has 0 aliphatic carbocycles. The SMILES string of the molecule is C[C@H]1C[C@@H](C(=O)NCc2ccc(C(=O)NCCN3CCCC3)cc2)CCN1. The second-order valence-corrected chi connectivity index (χ2v) is 7.80. The van der Waals surface area contributed by atoms with E-state index in [4.69, 9.17) is 0 Å². The van der Waals surface area contributed by atoms with Crippen LogP contribution in [0.4, 0.5) is 0 Å². The summed E-state index contributed by atoms with van der Waals surface area (Å²) in [6.45, 7) is 7.43. The number of rotatable bonds is 7. The zero-order valence-corrected chi connectivity index (χ0v) is 16.3. The van der Waals surface area contributed by atoms with Gasteiger partial charge in [0.15, 0.2) is 0 Å². The van der Waals surface area contributed by atoms with E-state index < -0.39 is 0 Å². The van der Waals surface area contributed by atoms with Crippen molar-refractivity contribution in [1.82, 2.24) is 20.9 Å². The molecule has 0 aromatic heterocycles. The molecule has 0 saturated carbocycles. The van der Waals surface area contributed by atoms with Gasteiger partial charge in [-0.1, -0.05) is 12.1 Å². The van der Waals surface area contributed by atoms with Crippen LogP contribution in [0.1, 0.15) is 48.5 Å². The number of hydrogen-bond acceptors (Lipinski definition) is 4. The van der Waals surface area contributed by atoms with E-state index >= 15 is 0 Å². The van der Waals surface area contributed by atoms with Crippen molar-refractivity contribution >= 4 is 11.8 Å². The second kappa shape index (κ2) is 9.85. The van der Waals surface area contributed by atoms with Crippen LogP contribution in [-0.4, -0.2) is 55.5 Å². The minimum atomic E-state index is -0.0338. The highest BCUT2D eigenvalue weighted by atomic mass is 16.2. The van der Waals surface area contributed by atoms with Crippen LogP contribution in [-0.2, 0) is 11.3 Å². The highest BCUT2D eigenvalue weighted by Gasteiger charge is 2.24. The zero-order chi connectivity index (χ0) is 19.1. The Balaban J connectivity index is 1.39. The van der Waals surface area contributed by atoms with Gasteiger partial charge in [0.2, 0.25) is 5.91 Å². The van der Waals surface area contributed by atoms with Gasteiger partial charge in [0.25, 0.3) is 5.91 Å². The van der Waals surface area contributed by atoms with Gasteiger partial charge in [-0.3, -0.25) is 9.59 Å². The van der Waals surface area contributed by atoms with Crippen molar-refractivity contribution in [2.75, 3.05) is 32.7 Å². The van der Waals surface area contributed by atoms with Crippen molar-refractivity contribution in [1.29, 1.82) is 0 Å². The lowest BCUT2D eigenvalue weighted by Gasteiger charge is -2.27. The quantitative estimate of drug-likeness (QED) is 0.678. The number of likely N-dealkylation sites (tertiary alicyclic amines) is 1. The maximum absolute atomic E-state index is 12.3. The molecule has 27 heavy (non-hydrogen) atoms. The van der Waals surface area contributed by atoms with Crippen LogP contribution in [0.2, 0.25) is 0 Å². The Morgan fingerprint density at radius 3 is 2.59 bits per heavy atom. The highest BCUT2D eigenvalue weighted by molar-refractivity contribution is 5.94. The predicted molar refractivity (Wildman–Crippen MR) is 106 cm³/mol. The van der Waals surface area contributed by atoms with Crippen LogP contribution in [0, 0.1) is 5.92 Å². The van der Waals surface area contributed by atoms with Crippen LogP contribution in [0.5, 0.6) is 0 Å². The lowest BCUT2D eigenvalue weighted by Crippen LogP contribution is -2.42. The molecule has 0 radical (unpaired) electrons. The largest absolute Gasteiger partial charge is 0.352 e. The summed E-state index contributed by atoms with van der Waals surface area (Å²) in [5, 5.41) is 9.38. The Hall–Kier alpha value is -1.92. The average Bonchev–Trinajstić information content (AvgIpc) is 3.20. The normalized spacial score (nSPS) is 23.1. The number of nitrogens with zero attached hydrogens (tertiary/aromatic N) is 1. The third-order valence-electron chi connectivity index (χ3n) is 5.59. The van der Waals surface area contributed by atoms with Crippen LogP contribution in [0.15, 0.2) is 24.3 Å². The minimum Gasteiger partial charge on any atom is -0.352 e. The molecule has 3 rings (SSSR count). The summed E-state index contributed by atoms with van der Waals surface area (Å²) in [6, 6.07) is 7.90. The van der Waals surface area contributed by atoms with Crippen molar-refractivity contribution in [2.45, 2.75) is 45.2 Å². The molecule has 2 aliphatic rings. The van der Waals surface area contributed by atoms with Gasteiger partial charge < -0.3 is 20.9 Å². The number of benzene rings is 1. The molecule has 0 unspecified atom stereocenters. The fourth-order valence-corrected chi connectivity index (χ4v) is 3.91. The lowest BCUT2D eigenvalue weighted by molar-refractivity contribution is -0.126. The summed E-state index contributed by atoms with van der Waals surface area (Å²) >= 11 is 0. The van der Waals surface area contributed by atoms with Crippen LogP contribution in [0.3, 0.4) is 0 Å². The van der Waals surface area contributed by atoms with Crippen molar-refractivity contribution < 1.29 is 9.59 Å². The summed E-state index contributed by atoms with van der Waals surface area (Å²) in [6.07, 6.45) is 4.32. The van der Waals surface area contributed by atoms with Gasteiger partial charge in [-0.2, -0.15) is 0 Å². The van der Waals surface area contributed by atoms with E-state index in [2.05, 4.69) is 27.8 Å². The van der Waals surface area contributed by atoms with Gasteiger partial charge in [0, 0.05) is 37.2 Å². The van der Waals surface area contributed by atoms with Crippen LogP contribution < -0.4 is 16.0 Å². The van der Waals surface area contributed by atoms with Crippen molar-refractivity contribution in [3.8, 4) is 0 Å². The van der Waals surface area contributed by atoms with E-state index in [1.165, 1.54) is 12.8 Å². The fourth-order valence-electron chi connectivity index (χ4n) is 3.91. The number of hydrogen-bond donors (Lipinski definition) is 3. The predicted octanol–water partition coefficient (Wildman–Crippen LogP) is 1.52. The van der Waals surface area contributed by atoms with Gasteiger partial charge in [0.1, 0.15) is 0 Å². The van der Waals surface area contributed by atoms with Crippen molar-refractivity contribution in [2.24, 2.45) is 5.92 Å². The molecule has 148 valence electrons. The monoisotopic (exact) mass is 372 g/mol. The van der Waals surface area contributed by atoms with Crippen LogP contribution in [0.25, 0.3) is 0 Å². The van der Waals surface area contributed by atoms with E-state index in [9.17, 15) is 9.59 Å². The summed E-state index contributed by atoms with van der Waals surface area (Å²) in [7, 11) is 0. The van der Waals surface area contributed by atoms with Gasteiger partial charge in [-0.05, 0) is 69.9 Å². The van der Waals surface area contributed by atoms with E-state index in [1.807, 2.05) is 24.3 Å². The molecule has 6 nitrogen and oxygen atoms in total. The smallest absolute Gasteiger partial charge is 0.251 e. The summed E-state index contributed by atoms with van der Waals surface area (Å²) in [5.74, 6) is 0.197. The average molecular weight is 373 g/mol. The third-order valence-corrected chi connectivity index (χ3v) is 5.59. The summed E-state index contributed by atoms with van der Waals surface area (Å²) in [5.41, 5.74) is 1.68. The molecule has 0 bridgehead atoms. The second-order valence-electron chi connectivity index (χ2n) is 7.80. The molecule has 2 fully saturated rings. The molecule has 1 aromatic rings. The number of amides is 2. The molecule has 2 saturated heterocycles. The zero-order valence-electron chi connectivity index (χ0n) is 16.3. The van der Waals surface area contributed by atoms with Crippen molar-refractivity contribution in [3.63, 3.8) is 0 Å². The number of carbonyl (C=O) groups is 2. The first-order valence-electron chi connectivity index (χ1n) is 10.2. The molecule has 2 atom stereocenters. The number of nitrogens with one attached hydrogen (secondary N) is 3. The molecule has 3 N–H and O–H groups in total. The minimum absolute atomic E-state index is 0.0338. The number of piperidine rings is 1. The lowest BCUT2D eigenvalue weighted by atomic mass is 9.92. The first kappa shape index (κ1) is 19.8. The molecule has 6 heteroatoms. The van der Waals surface area contributed by atoms with Gasteiger partial charge in [0.05, 0.1) is 0 Å². The van der Waals surface area contributed by atoms with Crippen LogP contribution >= 0.6 is 0 Å². The fraction of sp³-hybridized carbons (Fsp3) is 0.619. The topological polar surface area (TPSA) is 73.5 Å². The molecule has 0 spiro atoms. The maximum atomic E-state index is 12.3. The summed E-state index contributed by atoms with van der Waals surface area (Å²) < 4.78 is 0. The summed E-state index contributed by atoms with van der Waals surface area (Å²) in [4.78, 5) is 26.9. The van der Waals surface area contributed by atoms with E-state index in [0.29, 0.717) is 24.7 Å². The Morgan fingerprint density at radius 1 is 1.15 bits per heavy atom. The molecule has 1 aromatic carbocycles. The first-order valence-corrected chi connectivity index (χ1v) is 10.2. The Bertz CT molecular complexity index is 626. The number of carbonyl (C=O) groups excluding carboxylic acids is 2. The standard InChI is InChI=1S/C21H32N4O2/c1-16-14-19(8-9-22-16)21(27)24-15-17-4-6-18(7-5-17)20(26)23-10-13-25-11-2-3-12-25/h4-7,16,19,22H,2-3,8-15H2,1H3,(H,23,26)(H,24,27)/t16-,19-/m0/s1. The van der Waals surface area contributed by atoms with E-state index in [1.54, 1.807) is 0 Å². The Kier molecular flexibility index (Phi) is 7.24. The maximum Gasteiger partial charge on any atom is 0.251 e.